The van der Waals surface area contributed by atoms with Crippen LogP contribution in [0.15, 0.2) is 48.5 Å². The molecule has 0 aromatic heterocycles. The zero-order valence-electron chi connectivity index (χ0n) is 12.9. The molecule has 0 atom stereocenters. The van der Waals surface area contributed by atoms with Crippen LogP contribution in [0.1, 0.15) is 11.1 Å². The summed E-state index contributed by atoms with van der Waals surface area (Å²) in [7, 11) is 1.58. The van der Waals surface area contributed by atoms with Gasteiger partial charge in [0.05, 0.1) is 18.7 Å². The molecule has 0 radical (unpaired) electrons. The molecule has 0 fully saturated rings. The van der Waals surface area contributed by atoms with Crippen LogP contribution in [0.5, 0.6) is 11.5 Å². The fraction of sp³-hybridized carbons (Fsp3) is 0.222. The Morgan fingerprint density at radius 3 is 2.74 bits per heavy atom. The third-order valence-corrected chi connectivity index (χ3v) is 3.20. The molecular weight excluding hydrogens is 292 g/mol. The summed E-state index contributed by atoms with van der Waals surface area (Å²) < 4.78 is 10.5. The predicted molar refractivity (Wildman–Crippen MR) is 86.4 cm³/mol. The first-order valence-corrected chi connectivity index (χ1v) is 7.24. The van der Waals surface area contributed by atoms with Crippen LogP contribution in [0.25, 0.3) is 0 Å². The van der Waals surface area contributed by atoms with Gasteiger partial charge in [-0.2, -0.15) is 5.26 Å². The van der Waals surface area contributed by atoms with Crippen molar-refractivity contribution in [2.24, 2.45) is 0 Å². The Morgan fingerprint density at radius 1 is 1.17 bits per heavy atom. The number of carbonyl (C=O) groups is 1. The van der Waals surface area contributed by atoms with E-state index < -0.39 is 0 Å². The molecule has 0 unspecified atom stereocenters. The lowest BCUT2D eigenvalue weighted by Crippen LogP contribution is -2.30. The molecule has 118 valence electrons. The van der Waals surface area contributed by atoms with Crippen molar-refractivity contribution in [1.82, 2.24) is 5.32 Å². The molecule has 0 aliphatic rings. The van der Waals surface area contributed by atoms with E-state index in [1.165, 1.54) is 0 Å². The van der Waals surface area contributed by atoms with Gasteiger partial charge in [-0.1, -0.05) is 18.2 Å². The van der Waals surface area contributed by atoms with Gasteiger partial charge in [0.2, 0.25) is 0 Å². The Bertz CT molecular complexity index is 707. The maximum absolute atomic E-state index is 11.8. The Labute approximate surface area is 135 Å². The van der Waals surface area contributed by atoms with E-state index in [0.717, 1.165) is 5.56 Å². The summed E-state index contributed by atoms with van der Waals surface area (Å²) in [6, 6.07) is 16.5. The summed E-state index contributed by atoms with van der Waals surface area (Å²) >= 11 is 0. The third-order valence-electron chi connectivity index (χ3n) is 3.20. The fourth-order valence-electron chi connectivity index (χ4n) is 2.03. The highest BCUT2D eigenvalue weighted by atomic mass is 16.5. The van der Waals surface area contributed by atoms with Gasteiger partial charge in [0.25, 0.3) is 5.91 Å². The largest absolute Gasteiger partial charge is 0.497 e. The van der Waals surface area contributed by atoms with E-state index in [2.05, 4.69) is 11.4 Å². The number of ether oxygens (including phenoxy) is 2. The van der Waals surface area contributed by atoms with Gasteiger partial charge in [0.15, 0.2) is 6.61 Å². The van der Waals surface area contributed by atoms with Gasteiger partial charge >= 0.3 is 0 Å². The van der Waals surface area contributed by atoms with E-state index in [9.17, 15) is 4.79 Å². The van der Waals surface area contributed by atoms with Crippen LogP contribution in [0, 0.1) is 11.3 Å². The first-order valence-electron chi connectivity index (χ1n) is 7.24. The lowest BCUT2D eigenvalue weighted by Gasteiger charge is -2.08. The molecule has 23 heavy (non-hydrogen) atoms. The SMILES string of the molecule is COc1cccc(OCC(=O)NCCc2cccc(C#N)c2)c1. The quantitative estimate of drug-likeness (QED) is 0.852. The van der Waals surface area contributed by atoms with Gasteiger partial charge < -0.3 is 14.8 Å². The lowest BCUT2D eigenvalue weighted by atomic mass is 10.1. The van der Waals surface area contributed by atoms with E-state index in [0.29, 0.717) is 30.0 Å². The van der Waals surface area contributed by atoms with Gasteiger partial charge in [0, 0.05) is 12.6 Å². The normalized spacial score (nSPS) is 9.74. The number of hydrogen-bond donors (Lipinski definition) is 1. The van der Waals surface area contributed by atoms with Crippen molar-refractivity contribution in [2.75, 3.05) is 20.3 Å². The standard InChI is InChI=1S/C18H18N2O3/c1-22-16-6-3-7-17(11-16)23-13-18(21)20-9-8-14-4-2-5-15(10-14)12-19/h2-7,10-11H,8-9,13H2,1H3,(H,20,21). The van der Waals surface area contributed by atoms with Gasteiger partial charge in [-0.25, -0.2) is 0 Å². The van der Waals surface area contributed by atoms with E-state index in [-0.39, 0.29) is 12.5 Å². The second kappa shape index (κ2) is 8.44. The number of nitrogens with one attached hydrogen (secondary N) is 1. The van der Waals surface area contributed by atoms with Crippen LogP contribution < -0.4 is 14.8 Å². The third kappa shape index (κ3) is 5.36. The van der Waals surface area contributed by atoms with E-state index in [4.69, 9.17) is 14.7 Å². The minimum atomic E-state index is -0.191. The molecule has 2 rings (SSSR count). The highest BCUT2D eigenvalue weighted by molar-refractivity contribution is 5.77. The minimum Gasteiger partial charge on any atom is -0.497 e. The monoisotopic (exact) mass is 310 g/mol. The van der Waals surface area contributed by atoms with Crippen molar-refractivity contribution in [2.45, 2.75) is 6.42 Å². The molecule has 0 saturated carbocycles. The maximum atomic E-state index is 11.8. The fourth-order valence-corrected chi connectivity index (χ4v) is 2.03. The Kier molecular flexibility index (Phi) is 6.01. The molecule has 5 nitrogen and oxygen atoms in total. The number of methoxy groups -OCH3 is 1. The number of nitriles is 1. The molecule has 2 aromatic carbocycles. The maximum Gasteiger partial charge on any atom is 0.257 e. The Morgan fingerprint density at radius 2 is 1.96 bits per heavy atom. The van der Waals surface area contributed by atoms with E-state index in [1.807, 2.05) is 24.3 Å². The van der Waals surface area contributed by atoms with Crippen LogP contribution in [0.4, 0.5) is 0 Å². The number of rotatable bonds is 7. The smallest absolute Gasteiger partial charge is 0.257 e. The number of hydrogen-bond acceptors (Lipinski definition) is 4. The van der Waals surface area contributed by atoms with E-state index >= 15 is 0 Å². The van der Waals surface area contributed by atoms with Gasteiger partial charge in [-0.3, -0.25) is 4.79 Å². The highest BCUT2D eigenvalue weighted by Crippen LogP contribution is 2.18. The van der Waals surface area contributed by atoms with Crippen LogP contribution in [0.3, 0.4) is 0 Å². The first-order chi connectivity index (χ1) is 11.2. The lowest BCUT2D eigenvalue weighted by molar-refractivity contribution is -0.123. The van der Waals surface area contributed by atoms with Crippen LogP contribution in [-0.2, 0) is 11.2 Å². The molecule has 1 amide bonds. The summed E-state index contributed by atoms with van der Waals surface area (Å²) in [5.74, 6) is 1.07. The predicted octanol–water partition coefficient (Wildman–Crippen LogP) is 2.30. The number of carbonyl (C=O) groups excluding carboxylic acids is 1. The second-order valence-corrected chi connectivity index (χ2v) is 4.88. The minimum absolute atomic E-state index is 0.0502. The molecule has 1 N–H and O–H groups in total. The van der Waals surface area contributed by atoms with Gasteiger partial charge in [-0.15, -0.1) is 0 Å². The average Bonchev–Trinajstić information content (AvgIpc) is 2.60. The molecule has 5 heteroatoms. The molecule has 0 spiro atoms. The van der Waals surface area contributed by atoms with Crippen molar-refractivity contribution >= 4 is 5.91 Å². The topological polar surface area (TPSA) is 71.3 Å². The second-order valence-electron chi connectivity index (χ2n) is 4.88. The molecule has 2 aromatic rings. The zero-order chi connectivity index (χ0) is 16.5. The molecule has 0 aliphatic heterocycles. The van der Waals surface area contributed by atoms with Crippen LogP contribution in [-0.4, -0.2) is 26.2 Å². The number of amides is 1. The molecule has 0 bridgehead atoms. The van der Waals surface area contributed by atoms with Gasteiger partial charge in [-0.05, 0) is 36.2 Å². The first kappa shape index (κ1) is 16.4. The summed E-state index contributed by atoms with van der Waals surface area (Å²) in [5.41, 5.74) is 1.63. The molecule has 0 aliphatic carbocycles. The Hall–Kier alpha value is -3.00. The van der Waals surface area contributed by atoms with Crippen molar-refractivity contribution in [1.29, 1.82) is 5.26 Å². The average molecular weight is 310 g/mol. The summed E-state index contributed by atoms with van der Waals surface area (Å²) in [5, 5.41) is 11.6. The number of nitrogens with zero attached hydrogens (tertiary/aromatic N) is 1. The molecule has 0 saturated heterocycles. The van der Waals surface area contributed by atoms with Crippen molar-refractivity contribution in [3.05, 3.63) is 59.7 Å². The molecular formula is C18H18N2O3. The van der Waals surface area contributed by atoms with Gasteiger partial charge in [0.1, 0.15) is 11.5 Å². The van der Waals surface area contributed by atoms with Crippen molar-refractivity contribution < 1.29 is 14.3 Å². The van der Waals surface area contributed by atoms with E-state index in [1.54, 1.807) is 31.4 Å². The summed E-state index contributed by atoms with van der Waals surface area (Å²) in [4.78, 5) is 11.8. The van der Waals surface area contributed by atoms with Crippen molar-refractivity contribution in [3.8, 4) is 17.6 Å². The van der Waals surface area contributed by atoms with Crippen LogP contribution in [0.2, 0.25) is 0 Å². The van der Waals surface area contributed by atoms with Crippen molar-refractivity contribution in [3.63, 3.8) is 0 Å². The molecule has 0 heterocycles. The number of benzene rings is 2. The van der Waals surface area contributed by atoms with Crippen LogP contribution >= 0.6 is 0 Å². The summed E-state index contributed by atoms with van der Waals surface area (Å²) in [6.07, 6.45) is 0.667. The highest BCUT2D eigenvalue weighted by Gasteiger charge is 2.04. The Balaban J connectivity index is 1.73. The summed E-state index contributed by atoms with van der Waals surface area (Å²) in [6.45, 7) is 0.445. The zero-order valence-corrected chi connectivity index (χ0v) is 12.9.